The average Bonchev–Trinajstić information content (AvgIpc) is 2.79. The molecule has 2 rings (SSSR count). The molecule has 110 valence electrons. The lowest BCUT2D eigenvalue weighted by Gasteiger charge is -2.13. The van der Waals surface area contributed by atoms with Crippen LogP contribution in [0.25, 0.3) is 9.75 Å². The summed E-state index contributed by atoms with van der Waals surface area (Å²) in [6, 6.07) is 3.00. The number of halogens is 6. The largest absolute Gasteiger partial charge is 0.418 e. The Morgan fingerprint density at radius 2 is 1.35 bits per heavy atom. The van der Waals surface area contributed by atoms with Gasteiger partial charge in [0.15, 0.2) is 0 Å². The van der Waals surface area contributed by atoms with Crippen LogP contribution in [0, 0.1) is 13.8 Å². The number of aryl methyl sites for hydroxylation is 2. The molecule has 0 aliphatic carbocycles. The van der Waals surface area contributed by atoms with E-state index in [1.807, 2.05) is 0 Å². The van der Waals surface area contributed by atoms with Gasteiger partial charge in [0.1, 0.15) is 0 Å². The van der Waals surface area contributed by atoms with E-state index in [0.717, 1.165) is 23.1 Å². The van der Waals surface area contributed by atoms with Gasteiger partial charge in [-0.05, 0) is 26.0 Å². The maximum absolute atomic E-state index is 13.1. The van der Waals surface area contributed by atoms with Crippen molar-refractivity contribution in [2.24, 2.45) is 0 Å². The first kappa shape index (κ1) is 15.4. The molecular weight excluding hydrogens is 322 g/mol. The number of hydrogen-bond acceptors (Lipinski definition) is 2. The van der Waals surface area contributed by atoms with Crippen LogP contribution in [0.5, 0.6) is 0 Å². The highest BCUT2D eigenvalue weighted by Crippen LogP contribution is 2.51. The van der Waals surface area contributed by atoms with Crippen LogP contribution in [0.15, 0.2) is 12.1 Å². The van der Waals surface area contributed by atoms with E-state index in [9.17, 15) is 26.3 Å². The maximum Gasteiger partial charge on any atom is 0.418 e. The molecule has 0 aliphatic heterocycles. The van der Waals surface area contributed by atoms with Crippen molar-refractivity contribution in [3.63, 3.8) is 0 Å². The molecule has 0 saturated heterocycles. The molecule has 0 fully saturated rings. The van der Waals surface area contributed by atoms with Gasteiger partial charge in [-0.1, -0.05) is 0 Å². The van der Waals surface area contributed by atoms with Crippen molar-refractivity contribution in [1.82, 2.24) is 0 Å². The molecule has 8 heteroatoms. The smallest absolute Gasteiger partial charge is 0.166 e. The van der Waals surface area contributed by atoms with Gasteiger partial charge >= 0.3 is 12.4 Å². The fourth-order valence-electron chi connectivity index (χ4n) is 1.89. The molecule has 0 saturated carbocycles. The number of alkyl halides is 6. The van der Waals surface area contributed by atoms with E-state index in [0.29, 0.717) is 11.3 Å². The Morgan fingerprint density at radius 3 is 1.75 bits per heavy atom. The Morgan fingerprint density at radius 1 is 0.800 bits per heavy atom. The van der Waals surface area contributed by atoms with Crippen LogP contribution < -0.4 is 0 Å². The highest BCUT2D eigenvalue weighted by Gasteiger charge is 2.48. The van der Waals surface area contributed by atoms with Crippen molar-refractivity contribution in [2.75, 3.05) is 0 Å². The summed E-state index contributed by atoms with van der Waals surface area (Å²) < 4.78 is 77.8. The topological polar surface area (TPSA) is 0 Å². The van der Waals surface area contributed by atoms with Crippen molar-refractivity contribution in [1.29, 1.82) is 0 Å². The Bertz CT molecular complexity index is 629. The molecule has 0 aromatic carbocycles. The van der Waals surface area contributed by atoms with Gasteiger partial charge < -0.3 is 0 Å². The second kappa shape index (κ2) is 4.77. The third kappa shape index (κ3) is 2.71. The minimum atomic E-state index is -5.04. The van der Waals surface area contributed by atoms with E-state index in [4.69, 9.17) is 0 Å². The zero-order chi connectivity index (χ0) is 15.3. The molecule has 0 atom stereocenters. The van der Waals surface area contributed by atoms with E-state index < -0.39 is 23.5 Å². The molecule has 0 amide bonds. The fourth-order valence-corrected chi connectivity index (χ4v) is 4.06. The van der Waals surface area contributed by atoms with E-state index in [1.54, 1.807) is 13.0 Å². The Kier molecular flexibility index (Phi) is 3.66. The number of rotatable bonds is 1. The van der Waals surface area contributed by atoms with E-state index in [-0.39, 0.29) is 14.6 Å². The fraction of sp³-hybridized carbons (Fsp3) is 0.333. The normalized spacial score (nSPS) is 13.0. The van der Waals surface area contributed by atoms with Crippen molar-refractivity contribution < 1.29 is 26.3 Å². The lowest BCUT2D eigenvalue weighted by atomic mass is 10.1. The van der Waals surface area contributed by atoms with Crippen molar-refractivity contribution in [3.8, 4) is 9.75 Å². The second-order valence-corrected chi connectivity index (χ2v) is 6.66. The third-order valence-corrected chi connectivity index (χ3v) is 4.90. The molecule has 0 bridgehead atoms. The molecule has 0 radical (unpaired) electrons. The van der Waals surface area contributed by atoms with Gasteiger partial charge in [0.05, 0.1) is 16.0 Å². The minimum absolute atomic E-state index is 0.207. The summed E-state index contributed by atoms with van der Waals surface area (Å²) in [4.78, 5) is 0.220. The van der Waals surface area contributed by atoms with Gasteiger partial charge in [-0.3, -0.25) is 0 Å². The van der Waals surface area contributed by atoms with Gasteiger partial charge in [-0.25, -0.2) is 0 Å². The molecule has 20 heavy (non-hydrogen) atoms. The van der Waals surface area contributed by atoms with Crippen molar-refractivity contribution in [2.45, 2.75) is 26.2 Å². The van der Waals surface area contributed by atoms with Crippen molar-refractivity contribution >= 4 is 22.7 Å². The molecule has 0 aliphatic rings. The first-order valence-electron chi connectivity index (χ1n) is 5.36. The van der Waals surface area contributed by atoms with Crippen LogP contribution in [0.4, 0.5) is 26.3 Å². The first-order chi connectivity index (χ1) is 9.01. The van der Waals surface area contributed by atoms with Crippen LogP contribution in [0.1, 0.15) is 20.9 Å². The summed E-state index contributed by atoms with van der Waals surface area (Å²) in [7, 11) is 0. The van der Waals surface area contributed by atoms with Crippen LogP contribution in [-0.2, 0) is 12.4 Å². The minimum Gasteiger partial charge on any atom is -0.166 e. The molecule has 0 spiro atoms. The summed E-state index contributed by atoms with van der Waals surface area (Å²) in [6.07, 6.45) is -10.1. The van der Waals surface area contributed by atoms with E-state index >= 15 is 0 Å². The number of thiophene rings is 2. The lowest BCUT2D eigenvalue weighted by molar-refractivity contribution is -0.161. The van der Waals surface area contributed by atoms with Crippen molar-refractivity contribution in [3.05, 3.63) is 33.0 Å². The van der Waals surface area contributed by atoms with Crippen LogP contribution >= 0.6 is 22.7 Å². The average molecular weight is 330 g/mol. The Hall–Kier alpha value is -1.02. The molecule has 2 aromatic rings. The van der Waals surface area contributed by atoms with E-state index in [2.05, 4.69) is 0 Å². The highest BCUT2D eigenvalue weighted by atomic mass is 32.1. The van der Waals surface area contributed by atoms with Crippen LogP contribution in [0.2, 0.25) is 0 Å². The Labute approximate surface area is 118 Å². The zero-order valence-electron chi connectivity index (χ0n) is 10.2. The van der Waals surface area contributed by atoms with Gasteiger partial charge in [-0.15, -0.1) is 22.7 Å². The van der Waals surface area contributed by atoms with Crippen LogP contribution in [-0.4, -0.2) is 0 Å². The molecule has 2 aromatic heterocycles. The van der Waals surface area contributed by atoms with Gasteiger partial charge in [0.2, 0.25) is 0 Å². The first-order valence-corrected chi connectivity index (χ1v) is 6.99. The summed E-state index contributed by atoms with van der Waals surface area (Å²) in [6.45, 7) is 2.75. The highest BCUT2D eigenvalue weighted by molar-refractivity contribution is 7.22. The van der Waals surface area contributed by atoms with E-state index in [1.165, 1.54) is 6.07 Å². The Balaban J connectivity index is 2.77. The predicted molar refractivity (Wildman–Crippen MR) is 67.1 cm³/mol. The van der Waals surface area contributed by atoms with Crippen LogP contribution in [0.3, 0.4) is 0 Å². The van der Waals surface area contributed by atoms with Gasteiger partial charge in [-0.2, -0.15) is 26.3 Å². The number of hydrogen-bond donors (Lipinski definition) is 0. The van der Waals surface area contributed by atoms with Gasteiger partial charge in [0, 0.05) is 14.6 Å². The summed E-state index contributed by atoms with van der Waals surface area (Å²) in [5.41, 5.74) is -3.15. The maximum atomic E-state index is 13.1. The second-order valence-electron chi connectivity index (χ2n) is 4.14. The quantitative estimate of drug-likeness (QED) is 0.552. The standard InChI is InChI=1S/C12H8F6S2/c1-5-3-4-7(19-5)10-9(12(16,17)18)8(6(2)20-10)11(13,14)15/h3-4H,1-2H3. The SMILES string of the molecule is Cc1ccc(-c2sc(C)c(C(F)(F)F)c2C(F)(F)F)s1. The summed E-state index contributed by atoms with van der Waals surface area (Å²) >= 11 is 1.58. The monoisotopic (exact) mass is 330 g/mol. The zero-order valence-corrected chi connectivity index (χ0v) is 11.9. The molecule has 2 heterocycles. The lowest BCUT2D eigenvalue weighted by Crippen LogP contribution is -2.15. The summed E-state index contributed by atoms with van der Waals surface area (Å²) in [5.74, 6) is 0. The predicted octanol–water partition coefficient (Wildman–Crippen LogP) is 6.13. The summed E-state index contributed by atoms with van der Waals surface area (Å²) in [5, 5.41) is 0. The molecule has 0 nitrogen and oxygen atoms in total. The third-order valence-electron chi connectivity index (χ3n) is 2.62. The molecule has 0 N–H and O–H groups in total. The molecular formula is C12H8F6S2. The molecule has 0 unspecified atom stereocenters. The van der Waals surface area contributed by atoms with Gasteiger partial charge in [0.25, 0.3) is 0 Å².